The summed E-state index contributed by atoms with van der Waals surface area (Å²) in [5.41, 5.74) is 5.52. The lowest BCUT2D eigenvalue weighted by atomic mass is 10.4. The molecule has 0 saturated carbocycles. The van der Waals surface area contributed by atoms with Crippen LogP contribution in [0.5, 0.6) is 0 Å². The van der Waals surface area contributed by atoms with E-state index in [1.54, 1.807) is 30.5 Å². The highest BCUT2D eigenvalue weighted by molar-refractivity contribution is 9.10. The van der Waals surface area contributed by atoms with Crippen molar-refractivity contribution in [2.45, 2.75) is 20.2 Å². The number of carbonyl (C=O) groups is 1. The highest BCUT2D eigenvalue weighted by atomic mass is 79.9. The summed E-state index contributed by atoms with van der Waals surface area (Å²) in [5.74, 6) is -2.93. The van der Waals surface area contributed by atoms with Gasteiger partial charge in [-0.15, -0.1) is 26.9 Å². The van der Waals surface area contributed by atoms with Crippen LogP contribution in [-0.2, 0) is 24.5 Å². The van der Waals surface area contributed by atoms with Crippen LogP contribution in [-0.4, -0.2) is 48.2 Å². The van der Waals surface area contributed by atoms with Crippen LogP contribution >= 0.6 is 39.0 Å². The smallest absolute Gasteiger partial charge is 0.475 e. The Balaban J connectivity index is 0.000000592. The van der Waals surface area contributed by atoms with Crippen molar-refractivity contribution in [3.63, 3.8) is 0 Å². The molecule has 0 fully saturated rings. The summed E-state index contributed by atoms with van der Waals surface area (Å²) in [4.78, 5) is 9.84. The molecule has 1 heterocycles. The first-order valence-corrected chi connectivity index (χ1v) is 13.8. The zero-order valence-electron chi connectivity index (χ0n) is 15.6. The predicted molar refractivity (Wildman–Crippen MR) is 117 cm³/mol. The van der Waals surface area contributed by atoms with Gasteiger partial charge in [0, 0.05) is 4.47 Å². The van der Waals surface area contributed by atoms with Crippen molar-refractivity contribution in [3.8, 4) is 0 Å². The second kappa shape index (κ2) is 10.3. The molecule has 1 atom stereocenters. The Kier molecular flexibility index (Phi) is 9.14. The van der Waals surface area contributed by atoms with E-state index in [1.165, 1.54) is 29.2 Å². The van der Waals surface area contributed by atoms with Crippen LogP contribution in [0, 0.1) is 5.41 Å². The van der Waals surface area contributed by atoms with Crippen molar-refractivity contribution in [1.29, 1.82) is 5.41 Å². The molecular weight excluding hydrogens is 567 g/mol. The fraction of sp³-hybridized carbons (Fsp3) is 0.200. The van der Waals surface area contributed by atoms with E-state index < -0.39 is 31.9 Å². The van der Waals surface area contributed by atoms with Crippen LogP contribution in [0.2, 0.25) is 0 Å². The molecule has 4 N–H and O–H groups in total. The molecule has 16 heteroatoms. The van der Waals surface area contributed by atoms with Crippen molar-refractivity contribution >= 4 is 70.6 Å². The predicted octanol–water partition coefficient (Wildman–Crippen LogP) is 4.00. The summed E-state index contributed by atoms with van der Waals surface area (Å²) >= 11 is 5.79. The number of nitrogens with one attached hydrogen (secondary N) is 1. The zero-order valence-corrected chi connectivity index (χ0v) is 20.5. The van der Waals surface area contributed by atoms with Crippen LogP contribution in [0.25, 0.3) is 0 Å². The largest absolute Gasteiger partial charge is 0.490 e. The van der Waals surface area contributed by atoms with Crippen molar-refractivity contribution in [3.05, 3.63) is 39.7 Å². The summed E-state index contributed by atoms with van der Waals surface area (Å²) in [6.07, 6.45) is -2.40. The lowest BCUT2D eigenvalue weighted by molar-refractivity contribution is -0.192. The minimum Gasteiger partial charge on any atom is -0.475 e. The molecule has 8 nitrogen and oxygen atoms in total. The molecule has 2 rings (SSSR count). The van der Waals surface area contributed by atoms with Gasteiger partial charge >= 0.3 is 12.1 Å². The zero-order chi connectivity index (χ0) is 24.2. The van der Waals surface area contributed by atoms with Crippen molar-refractivity contribution in [1.82, 2.24) is 0 Å². The second-order valence-electron chi connectivity index (χ2n) is 5.47. The first kappa shape index (κ1) is 27.4. The Morgan fingerprint density at radius 3 is 2.23 bits per heavy atom. The van der Waals surface area contributed by atoms with Gasteiger partial charge in [0.2, 0.25) is 0 Å². The lowest BCUT2D eigenvalue weighted by Crippen LogP contribution is -2.21. The Hall–Kier alpha value is -1.62. The number of carboxylic acids is 1. The molecule has 0 saturated heterocycles. The average Bonchev–Trinajstić information content (AvgIpc) is 3.05. The SMILES string of the molecule is CSc1sc(C(=N)N)cc1S(=O)(=NS(C)(=O)=O)c1cccc(Br)c1.O=C(O)C(F)(F)F. The Bertz CT molecular complexity index is 1220. The van der Waals surface area contributed by atoms with Crippen LogP contribution in [0.15, 0.2) is 52.6 Å². The Labute approximate surface area is 192 Å². The maximum Gasteiger partial charge on any atom is 0.490 e. The van der Waals surface area contributed by atoms with Crippen LogP contribution in [0.1, 0.15) is 4.88 Å². The summed E-state index contributed by atoms with van der Waals surface area (Å²) in [5, 5.41) is 14.7. The van der Waals surface area contributed by atoms with Crippen molar-refractivity contribution in [2.75, 3.05) is 12.5 Å². The molecule has 0 spiro atoms. The number of alkyl halides is 3. The number of hydrogen-bond acceptors (Lipinski definition) is 7. The molecule has 0 amide bonds. The fourth-order valence-electron chi connectivity index (χ4n) is 1.87. The molecule has 1 aromatic carbocycles. The number of amidine groups is 1. The highest BCUT2D eigenvalue weighted by Crippen LogP contribution is 2.38. The third kappa shape index (κ3) is 7.78. The van der Waals surface area contributed by atoms with E-state index in [9.17, 15) is 25.8 Å². The van der Waals surface area contributed by atoms with E-state index in [-0.39, 0.29) is 15.6 Å². The Morgan fingerprint density at radius 1 is 1.29 bits per heavy atom. The molecule has 31 heavy (non-hydrogen) atoms. The molecule has 172 valence electrons. The molecule has 1 unspecified atom stereocenters. The van der Waals surface area contributed by atoms with Crippen LogP contribution in [0.4, 0.5) is 13.2 Å². The van der Waals surface area contributed by atoms with Gasteiger partial charge in [0.1, 0.15) is 15.6 Å². The number of nitrogen functional groups attached to an aromatic ring is 1. The number of nitrogens with two attached hydrogens (primary N) is 1. The van der Waals surface area contributed by atoms with E-state index in [0.717, 1.165) is 6.26 Å². The molecule has 1 aromatic heterocycles. The third-order valence-electron chi connectivity index (χ3n) is 3.01. The number of carboxylic acid groups (broad SMARTS) is 1. The maximum absolute atomic E-state index is 13.7. The molecule has 0 aliphatic heterocycles. The quantitative estimate of drug-likeness (QED) is 0.274. The van der Waals surface area contributed by atoms with Gasteiger partial charge < -0.3 is 10.8 Å². The van der Waals surface area contributed by atoms with Gasteiger partial charge in [-0.05, 0) is 30.5 Å². The molecule has 0 radical (unpaired) electrons. The van der Waals surface area contributed by atoms with E-state index in [1.807, 2.05) is 0 Å². The van der Waals surface area contributed by atoms with E-state index in [2.05, 4.69) is 19.7 Å². The lowest BCUT2D eigenvalue weighted by Gasteiger charge is -2.10. The van der Waals surface area contributed by atoms with Gasteiger partial charge in [-0.25, -0.2) is 17.4 Å². The van der Waals surface area contributed by atoms with Gasteiger partial charge in [0.25, 0.3) is 10.0 Å². The third-order valence-corrected chi connectivity index (χ3v) is 9.80. The summed E-state index contributed by atoms with van der Waals surface area (Å²) in [6.45, 7) is 0. The minimum atomic E-state index is -5.08. The van der Waals surface area contributed by atoms with Gasteiger partial charge in [0.05, 0.1) is 25.1 Å². The number of sulfonamides is 1. The number of halogens is 4. The van der Waals surface area contributed by atoms with E-state index in [0.29, 0.717) is 13.6 Å². The molecule has 0 aliphatic carbocycles. The van der Waals surface area contributed by atoms with E-state index in [4.69, 9.17) is 21.0 Å². The first-order valence-electron chi connectivity index (χ1n) is 7.57. The molecule has 2 aromatic rings. The molecule has 0 bridgehead atoms. The van der Waals surface area contributed by atoms with Crippen molar-refractivity contribution in [2.24, 2.45) is 9.50 Å². The number of hydrogen-bond donors (Lipinski definition) is 3. The van der Waals surface area contributed by atoms with Gasteiger partial charge in [-0.3, -0.25) is 5.41 Å². The topological polar surface area (TPSA) is 151 Å². The minimum absolute atomic E-state index is 0.170. The number of thiophene rings is 1. The number of aliphatic carboxylic acids is 1. The van der Waals surface area contributed by atoms with Gasteiger partial charge in [-0.2, -0.15) is 13.2 Å². The van der Waals surface area contributed by atoms with Crippen LogP contribution in [0.3, 0.4) is 0 Å². The van der Waals surface area contributed by atoms with Crippen molar-refractivity contribution < 1.29 is 35.7 Å². The summed E-state index contributed by atoms with van der Waals surface area (Å²) in [6, 6.07) is 8.03. The standard InChI is InChI=1S/C13H14BrN3O3S4.C2HF3O2/c1-21-13-11(7-10(22-13)12(15)16)24(20,17-23(2,18)19)9-5-3-4-8(14)6-9;3-2(4,5)1(6)7/h3-7H,1-2H3,(H3,15,16);(H,6,7). The van der Waals surface area contributed by atoms with Crippen LogP contribution < -0.4 is 5.73 Å². The average molecular weight is 582 g/mol. The maximum atomic E-state index is 13.7. The number of benzene rings is 1. The van der Waals surface area contributed by atoms with Gasteiger partial charge in [0.15, 0.2) is 0 Å². The second-order valence-corrected chi connectivity index (χ2v) is 12.5. The fourth-order valence-corrected chi connectivity index (χ4v) is 8.55. The van der Waals surface area contributed by atoms with E-state index >= 15 is 0 Å². The molecular formula is C15H15BrF3N3O5S4. The molecule has 0 aliphatic rings. The number of thioether (sulfide) groups is 1. The number of rotatable bonds is 5. The summed E-state index contributed by atoms with van der Waals surface area (Å²) in [7, 11) is -7.32. The monoisotopic (exact) mass is 581 g/mol. The highest BCUT2D eigenvalue weighted by Gasteiger charge is 2.38. The number of nitrogens with zero attached hydrogens (tertiary/aromatic N) is 1. The first-order chi connectivity index (χ1) is 14.0. The summed E-state index contributed by atoms with van der Waals surface area (Å²) < 4.78 is 73.9. The Morgan fingerprint density at radius 2 is 1.84 bits per heavy atom. The normalized spacial score (nSPS) is 13.5. The van der Waals surface area contributed by atoms with Gasteiger partial charge in [-0.1, -0.05) is 22.0 Å².